The topological polar surface area (TPSA) is 20.3 Å². The van der Waals surface area contributed by atoms with Gasteiger partial charge >= 0.3 is 0 Å². The third-order valence-corrected chi connectivity index (χ3v) is 3.34. The molecule has 3 heteroatoms. The van der Waals surface area contributed by atoms with Gasteiger partial charge in [0.15, 0.2) is 0 Å². The first-order valence-corrected chi connectivity index (χ1v) is 6.22. The maximum atomic E-state index is 11.9. The average molecular weight is 238 g/mol. The molecule has 0 saturated carbocycles. The number of para-hydroxylation sites is 1. The van der Waals surface area contributed by atoms with E-state index in [0.29, 0.717) is 18.2 Å². The number of nitrogens with zero attached hydrogens (tertiary/aromatic N) is 1. The number of carbonyl (C=O) groups is 1. The van der Waals surface area contributed by atoms with Gasteiger partial charge in [-0.2, -0.15) is 0 Å². The van der Waals surface area contributed by atoms with E-state index in [1.807, 2.05) is 23.1 Å². The monoisotopic (exact) mass is 237 g/mol. The minimum absolute atomic E-state index is 0.134. The lowest BCUT2D eigenvalue weighted by molar-refractivity contribution is -0.118. The molecule has 1 aromatic carbocycles. The van der Waals surface area contributed by atoms with Gasteiger partial charge in [0.1, 0.15) is 0 Å². The second-order valence-electron chi connectivity index (χ2n) is 4.23. The van der Waals surface area contributed by atoms with Crippen molar-refractivity contribution >= 4 is 23.2 Å². The van der Waals surface area contributed by atoms with Crippen LogP contribution in [-0.2, 0) is 4.79 Å². The zero-order valence-corrected chi connectivity index (χ0v) is 10.2. The van der Waals surface area contributed by atoms with Crippen LogP contribution in [0.1, 0.15) is 31.2 Å². The van der Waals surface area contributed by atoms with Gasteiger partial charge in [-0.3, -0.25) is 4.79 Å². The summed E-state index contributed by atoms with van der Waals surface area (Å²) < 4.78 is 0. The molecule has 2 rings (SSSR count). The second-order valence-corrected chi connectivity index (χ2v) is 4.61. The molecular weight excluding hydrogens is 222 g/mol. The van der Waals surface area contributed by atoms with Crippen molar-refractivity contribution in [2.75, 3.05) is 17.3 Å². The van der Waals surface area contributed by atoms with Crippen molar-refractivity contribution in [3.8, 4) is 0 Å². The minimum Gasteiger partial charge on any atom is -0.312 e. The molecule has 16 heavy (non-hydrogen) atoms. The van der Waals surface area contributed by atoms with Crippen LogP contribution < -0.4 is 4.90 Å². The molecule has 0 fully saturated rings. The van der Waals surface area contributed by atoms with E-state index in [0.717, 1.165) is 18.7 Å². The molecule has 0 N–H and O–H groups in total. The lowest BCUT2D eigenvalue weighted by Crippen LogP contribution is -2.36. The summed E-state index contributed by atoms with van der Waals surface area (Å²) in [5, 5.41) is 0. The first kappa shape index (κ1) is 11.5. The summed E-state index contributed by atoms with van der Waals surface area (Å²) in [6, 6.07) is 8.15. The Hall–Kier alpha value is -1.02. The summed E-state index contributed by atoms with van der Waals surface area (Å²) in [5.41, 5.74) is 2.34. The summed E-state index contributed by atoms with van der Waals surface area (Å²) in [6.45, 7) is 3.02. The predicted octanol–water partition coefficient (Wildman–Crippen LogP) is 3.16. The van der Waals surface area contributed by atoms with Gasteiger partial charge in [-0.25, -0.2) is 0 Å². The van der Waals surface area contributed by atoms with Crippen LogP contribution in [0.2, 0.25) is 0 Å². The normalized spacial score (nSPS) is 19.4. The summed E-state index contributed by atoms with van der Waals surface area (Å²) in [5.74, 6) is 1.07. The maximum absolute atomic E-state index is 11.9. The number of anilines is 1. The number of hydrogen-bond donors (Lipinski definition) is 0. The van der Waals surface area contributed by atoms with Crippen LogP contribution in [0.4, 0.5) is 5.69 Å². The average Bonchev–Trinajstić information content (AvgIpc) is 2.30. The van der Waals surface area contributed by atoms with Crippen LogP contribution in [0, 0.1) is 0 Å². The molecule has 0 saturated heterocycles. The fourth-order valence-corrected chi connectivity index (χ4v) is 2.39. The lowest BCUT2D eigenvalue weighted by atomic mass is 9.91. The highest BCUT2D eigenvalue weighted by Gasteiger charge is 2.25. The summed E-state index contributed by atoms with van der Waals surface area (Å²) in [4.78, 5) is 13.8. The van der Waals surface area contributed by atoms with E-state index in [1.165, 1.54) is 5.56 Å². The highest BCUT2D eigenvalue weighted by atomic mass is 35.5. The van der Waals surface area contributed by atoms with Crippen molar-refractivity contribution in [1.82, 2.24) is 0 Å². The summed E-state index contributed by atoms with van der Waals surface area (Å²) in [6.07, 6.45) is 1.45. The van der Waals surface area contributed by atoms with E-state index in [2.05, 4.69) is 13.0 Å². The van der Waals surface area contributed by atoms with Crippen molar-refractivity contribution in [2.24, 2.45) is 0 Å². The molecule has 1 aliphatic rings. The van der Waals surface area contributed by atoms with Gasteiger partial charge < -0.3 is 4.90 Å². The Morgan fingerprint density at radius 3 is 3.00 bits per heavy atom. The van der Waals surface area contributed by atoms with Gasteiger partial charge in [0.25, 0.3) is 0 Å². The highest BCUT2D eigenvalue weighted by Crippen LogP contribution is 2.34. The Balaban J connectivity index is 2.31. The van der Waals surface area contributed by atoms with E-state index >= 15 is 0 Å². The number of fused-ring (bicyclic) bond motifs is 1. The van der Waals surface area contributed by atoms with E-state index in [4.69, 9.17) is 11.6 Å². The zero-order valence-electron chi connectivity index (χ0n) is 9.45. The largest absolute Gasteiger partial charge is 0.312 e. The fraction of sp³-hybridized carbons (Fsp3) is 0.462. The van der Waals surface area contributed by atoms with Crippen molar-refractivity contribution in [2.45, 2.75) is 25.7 Å². The van der Waals surface area contributed by atoms with E-state index in [9.17, 15) is 4.79 Å². The SMILES string of the molecule is C[C@@H]1CCN(C(=O)CCCl)c2ccccc21. The third-order valence-electron chi connectivity index (χ3n) is 3.15. The molecule has 86 valence electrons. The van der Waals surface area contributed by atoms with Crippen LogP contribution in [0.3, 0.4) is 0 Å². The second kappa shape index (κ2) is 4.88. The molecular formula is C13H16ClNO. The van der Waals surface area contributed by atoms with Crippen LogP contribution in [-0.4, -0.2) is 18.3 Å². The van der Waals surface area contributed by atoms with E-state index < -0.39 is 0 Å². The first-order chi connectivity index (χ1) is 7.74. The molecule has 1 amide bonds. The molecule has 0 aliphatic carbocycles. The number of alkyl halides is 1. The van der Waals surface area contributed by atoms with Crippen LogP contribution >= 0.6 is 11.6 Å². The first-order valence-electron chi connectivity index (χ1n) is 5.69. The number of benzene rings is 1. The third kappa shape index (κ3) is 2.07. The number of rotatable bonds is 2. The number of amides is 1. The van der Waals surface area contributed by atoms with Crippen molar-refractivity contribution in [3.05, 3.63) is 29.8 Å². The lowest BCUT2D eigenvalue weighted by Gasteiger charge is -2.32. The highest BCUT2D eigenvalue weighted by molar-refractivity contribution is 6.19. The van der Waals surface area contributed by atoms with Gasteiger partial charge in [-0.15, -0.1) is 11.6 Å². The Labute approximate surface area is 101 Å². The molecule has 2 nitrogen and oxygen atoms in total. The minimum atomic E-state index is 0.134. The number of carbonyl (C=O) groups excluding carboxylic acids is 1. The molecule has 1 heterocycles. The zero-order chi connectivity index (χ0) is 11.5. The fourth-order valence-electron chi connectivity index (χ4n) is 2.22. The van der Waals surface area contributed by atoms with Crippen LogP contribution in [0.25, 0.3) is 0 Å². The van der Waals surface area contributed by atoms with Crippen molar-refractivity contribution < 1.29 is 4.79 Å². The smallest absolute Gasteiger partial charge is 0.228 e. The number of hydrogen-bond acceptors (Lipinski definition) is 1. The van der Waals surface area contributed by atoms with Gasteiger partial charge in [0.2, 0.25) is 5.91 Å². The van der Waals surface area contributed by atoms with Gasteiger partial charge in [0.05, 0.1) is 0 Å². The molecule has 0 spiro atoms. The van der Waals surface area contributed by atoms with Crippen LogP contribution in [0.15, 0.2) is 24.3 Å². The van der Waals surface area contributed by atoms with Crippen molar-refractivity contribution in [3.63, 3.8) is 0 Å². The van der Waals surface area contributed by atoms with Gasteiger partial charge in [-0.05, 0) is 24.0 Å². The van der Waals surface area contributed by atoms with Gasteiger partial charge in [-0.1, -0.05) is 25.1 Å². The standard InChI is InChI=1S/C13H16ClNO/c1-10-7-9-15(13(16)6-8-14)12-5-3-2-4-11(10)12/h2-5,10H,6-9H2,1H3/t10-/m1/s1. The Morgan fingerprint density at radius 1 is 1.50 bits per heavy atom. The van der Waals surface area contributed by atoms with Crippen LogP contribution in [0.5, 0.6) is 0 Å². The molecule has 1 aromatic rings. The summed E-state index contributed by atoms with van der Waals surface area (Å²) >= 11 is 5.62. The summed E-state index contributed by atoms with van der Waals surface area (Å²) in [7, 11) is 0. The Morgan fingerprint density at radius 2 is 2.25 bits per heavy atom. The maximum Gasteiger partial charge on any atom is 0.228 e. The van der Waals surface area contributed by atoms with E-state index in [-0.39, 0.29) is 5.91 Å². The Bertz CT molecular complexity index is 391. The van der Waals surface area contributed by atoms with Gasteiger partial charge in [0, 0.05) is 24.5 Å². The molecule has 0 bridgehead atoms. The molecule has 0 unspecified atom stereocenters. The molecule has 1 atom stereocenters. The molecule has 0 radical (unpaired) electrons. The van der Waals surface area contributed by atoms with E-state index in [1.54, 1.807) is 0 Å². The Kier molecular flexibility index (Phi) is 3.49. The molecule has 1 aliphatic heterocycles. The predicted molar refractivity (Wildman–Crippen MR) is 67.2 cm³/mol. The number of halogens is 1. The molecule has 0 aromatic heterocycles. The quantitative estimate of drug-likeness (QED) is 0.724. The van der Waals surface area contributed by atoms with Crippen molar-refractivity contribution in [1.29, 1.82) is 0 Å².